The Morgan fingerprint density at radius 2 is 1.78 bits per heavy atom. The Balaban J connectivity index is 1.55. The Labute approximate surface area is 112 Å². The molecule has 2 aliphatic rings. The Morgan fingerprint density at radius 1 is 1.06 bits per heavy atom. The lowest BCUT2D eigenvalue weighted by molar-refractivity contribution is 0.236. The molecule has 2 radical (unpaired) electrons. The largest absolute Gasteiger partial charge is 0.396 e. The van der Waals surface area contributed by atoms with Crippen molar-refractivity contribution in [3.8, 4) is 0 Å². The number of hydrogen-bond donors (Lipinski definition) is 1. The van der Waals surface area contributed by atoms with E-state index in [-0.39, 0.29) is 6.61 Å². The lowest BCUT2D eigenvalue weighted by Crippen LogP contribution is -2.30. The summed E-state index contributed by atoms with van der Waals surface area (Å²) in [6.07, 6.45) is 4.84. The summed E-state index contributed by atoms with van der Waals surface area (Å²) in [6.45, 7) is 12.8. The van der Waals surface area contributed by atoms with Crippen LogP contribution in [-0.4, -0.2) is 71.7 Å². The van der Waals surface area contributed by atoms with Gasteiger partial charge >= 0.3 is 0 Å². The van der Waals surface area contributed by atoms with E-state index in [0.717, 1.165) is 38.6 Å². The molecule has 0 unspecified atom stereocenters. The Kier molecular flexibility index (Phi) is 5.89. The second-order valence-electron chi connectivity index (χ2n) is 5.53. The highest BCUT2D eigenvalue weighted by Crippen LogP contribution is 2.17. The van der Waals surface area contributed by atoms with E-state index in [1.807, 2.05) is 0 Å². The lowest BCUT2D eigenvalue weighted by atomic mass is 10.2. The van der Waals surface area contributed by atoms with Gasteiger partial charge in [-0.1, -0.05) is 0 Å². The summed E-state index contributed by atoms with van der Waals surface area (Å²) in [5.74, 6) is 0. The first-order valence-electron chi connectivity index (χ1n) is 7.40. The van der Waals surface area contributed by atoms with E-state index in [0.29, 0.717) is 0 Å². The van der Waals surface area contributed by atoms with Crippen molar-refractivity contribution in [2.75, 3.05) is 45.9 Å². The van der Waals surface area contributed by atoms with Gasteiger partial charge < -0.3 is 10.0 Å². The molecule has 0 bridgehead atoms. The van der Waals surface area contributed by atoms with Gasteiger partial charge in [0, 0.05) is 38.8 Å². The molecule has 18 heavy (non-hydrogen) atoms. The lowest BCUT2D eigenvalue weighted by Gasteiger charge is -2.22. The highest BCUT2D eigenvalue weighted by Gasteiger charge is 2.22. The summed E-state index contributed by atoms with van der Waals surface area (Å²) in [6, 6.07) is 0.789. The van der Waals surface area contributed by atoms with Crippen LogP contribution in [0.25, 0.3) is 0 Å². The van der Waals surface area contributed by atoms with E-state index < -0.39 is 0 Å². The molecule has 104 valence electrons. The van der Waals surface area contributed by atoms with E-state index >= 15 is 0 Å². The van der Waals surface area contributed by atoms with Crippen LogP contribution in [0, 0.1) is 6.67 Å². The molecule has 0 amide bonds. The molecule has 1 atom stereocenters. The number of likely N-dealkylation sites (tertiary alicyclic amines) is 1. The first-order chi connectivity index (χ1) is 8.79. The van der Waals surface area contributed by atoms with Gasteiger partial charge in [0.25, 0.3) is 0 Å². The molecule has 0 saturated carbocycles. The third-order valence-corrected chi connectivity index (χ3v) is 4.07. The summed E-state index contributed by atoms with van der Waals surface area (Å²) in [5, 5.41) is 8.81. The Hall–Kier alpha value is -0.160. The van der Waals surface area contributed by atoms with Crippen molar-refractivity contribution in [1.82, 2.24) is 14.7 Å². The zero-order valence-corrected chi connectivity index (χ0v) is 11.6. The van der Waals surface area contributed by atoms with Gasteiger partial charge in [0.15, 0.2) is 0 Å². The molecule has 4 nitrogen and oxygen atoms in total. The predicted octanol–water partition coefficient (Wildman–Crippen LogP) is 0.857. The highest BCUT2D eigenvalue weighted by atomic mass is 16.3. The minimum Gasteiger partial charge on any atom is -0.396 e. The average Bonchev–Trinajstić information content (AvgIpc) is 2.97. The Bertz CT molecular complexity index is 237. The second kappa shape index (κ2) is 7.43. The molecule has 2 saturated heterocycles. The van der Waals surface area contributed by atoms with E-state index in [1.165, 1.54) is 32.4 Å². The first-order valence-corrected chi connectivity index (χ1v) is 7.40. The maximum absolute atomic E-state index is 8.81. The van der Waals surface area contributed by atoms with Crippen molar-refractivity contribution in [3.05, 3.63) is 6.67 Å². The molecule has 2 heterocycles. The molecule has 1 N–H and O–H groups in total. The van der Waals surface area contributed by atoms with Crippen molar-refractivity contribution in [3.63, 3.8) is 0 Å². The second-order valence-corrected chi connectivity index (χ2v) is 5.53. The molecule has 4 heteroatoms. The zero-order chi connectivity index (χ0) is 12.8. The van der Waals surface area contributed by atoms with Crippen molar-refractivity contribution in [1.29, 1.82) is 0 Å². The third kappa shape index (κ3) is 4.19. The number of hydrogen-bond acceptors (Lipinski definition) is 4. The van der Waals surface area contributed by atoms with Gasteiger partial charge in [0.2, 0.25) is 0 Å². The standard InChI is InChI=1S/C14H27N3O/c1-14-5-2-8-17(14)9-3-6-15-10-11-16(13-15)7-4-12-18/h14,18H,2-12H2,1H3/t14-/m1/s1. The molecule has 0 aromatic heterocycles. The number of aliphatic hydroxyl groups excluding tert-OH is 1. The Morgan fingerprint density at radius 3 is 2.39 bits per heavy atom. The van der Waals surface area contributed by atoms with Gasteiger partial charge in [-0.25, -0.2) is 0 Å². The minimum atomic E-state index is 0.283. The predicted molar refractivity (Wildman–Crippen MR) is 73.0 cm³/mol. The molecular weight excluding hydrogens is 226 g/mol. The molecule has 0 aromatic carbocycles. The van der Waals surface area contributed by atoms with E-state index in [1.54, 1.807) is 0 Å². The summed E-state index contributed by atoms with van der Waals surface area (Å²) >= 11 is 0. The van der Waals surface area contributed by atoms with Gasteiger partial charge in [-0.15, -0.1) is 0 Å². The molecule has 2 aliphatic heterocycles. The smallest absolute Gasteiger partial charge is 0.146 e. The van der Waals surface area contributed by atoms with Gasteiger partial charge in [-0.3, -0.25) is 9.80 Å². The third-order valence-electron chi connectivity index (χ3n) is 4.07. The summed E-state index contributed by atoms with van der Waals surface area (Å²) in [7, 11) is 0. The van der Waals surface area contributed by atoms with Crippen molar-refractivity contribution < 1.29 is 5.11 Å². The fraction of sp³-hybridized carbons (Fsp3) is 0.929. The molecule has 0 aliphatic carbocycles. The van der Waals surface area contributed by atoms with E-state index in [4.69, 9.17) is 5.11 Å². The minimum absolute atomic E-state index is 0.283. The monoisotopic (exact) mass is 253 g/mol. The van der Waals surface area contributed by atoms with Gasteiger partial charge in [0.05, 0.1) is 0 Å². The fourth-order valence-electron chi connectivity index (χ4n) is 2.92. The van der Waals surface area contributed by atoms with Crippen LogP contribution < -0.4 is 0 Å². The molecular formula is C14H27N3O. The summed E-state index contributed by atoms with van der Waals surface area (Å²) in [4.78, 5) is 7.12. The average molecular weight is 253 g/mol. The molecule has 0 spiro atoms. The molecule has 2 fully saturated rings. The maximum Gasteiger partial charge on any atom is 0.146 e. The van der Waals surface area contributed by atoms with E-state index in [2.05, 4.69) is 28.3 Å². The number of aliphatic hydroxyl groups is 1. The van der Waals surface area contributed by atoms with Gasteiger partial charge in [-0.05, 0) is 45.7 Å². The number of rotatable bonds is 7. The summed E-state index contributed by atoms with van der Waals surface area (Å²) < 4.78 is 0. The van der Waals surface area contributed by atoms with Crippen LogP contribution in [0.5, 0.6) is 0 Å². The quantitative estimate of drug-likeness (QED) is 0.729. The van der Waals surface area contributed by atoms with Crippen molar-refractivity contribution >= 4 is 0 Å². The number of nitrogens with zero attached hydrogens (tertiary/aromatic N) is 3. The topological polar surface area (TPSA) is 30.0 Å². The fourth-order valence-corrected chi connectivity index (χ4v) is 2.92. The van der Waals surface area contributed by atoms with E-state index in [9.17, 15) is 0 Å². The highest BCUT2D eigenvalue weighted by molar-refractivity contribution is 4.81. The van der Waals surface area contributed by atoms with Crippen molar-refractivity contribution in [2.24, 2.45) is 0 Å². The first kappa shape index (κ1) is 14.3. The van der Waals surface area contributed by atoms with Crippen LogP contribution in [0.3, 0.4) is 0 Å². The van der Waals surface area contributed by atoms with Gasteiger partial charge in [0.1, 0.15) is 6.67 Å². The van der Waals surface area contributed by atoms with Crippen molar-refractivity contribution in [2.45, 2.75) is 38.6 Å². The normalized spacial score (nSPS) is 27.3. The maximum atomic E-state index is 8.81. The zero-order valence-electron chi connectivity index (χ0n) is 11.6. The van der Waals surface area contributed by atoms with Crippen LogP contribution >= 0.6 is 0 Å². The molecule has 0 aromatic rings. The summed E-state index contributed by atoms with van der Waals surface area (Å²) in [5.41, 5.74) is 0. The van der Waals surface area contributed by atoms with Crippen LogP contribution in [0.15, 0.2) is 0 Å². The van der Waals surface area contributed by atoms with Crippen LogP contribution in [0.1, 0.15) is 32.6 Å². The molecule has 2 rings (SSSR count). The van der Waals surface area contributed by atoms with Crippen LogP contribution in [0.2, 0.25) is 0 Å². The van der Waals surface area contributed by atoms with Gasteiger partial charge in [-0.2, -0.15) is 0 Å². The van der Waals surface area contributed by atoms with Crippen LogP contribution in [0.4, 0.5) is 0 Å². The SMILES string of the molecule is C[C@@H]1CCCN1CCCN1[C]N(CCCO)CC1. The van der Waals surface area contributed by atoms with Crippen LogP contribution in [-0.2, 0) is 0 Å².